The van der Waals surface area contributed by atoms with Crippen molar-refractivity contribution >= 4 is 5.69 Å². The Morgan fingerprint density at radius 3 is 3.00 bits per heavy atom. The Morgan fingerprint density at radius 1 is 1.50 bits per heavy atom. The fraction of sp³-hybridized carbons (Fsp3) is 0.438. The zero-order valence-corrected chi connectivity index (χ0v) is 13.8. The summed E-state index contributed by atoms with van der Waals surface area (Å²) in [7, 11) is 3.56. The summed E-state index contributed by atoms with van der Waals surface area (Å²) in [6.45, 7) is 3.08. The number of nitrogens with one attached hydrogen (secondary N) is 1. The topological polar surface area (TPSA) is 85.5 Å². The molecule has 1 atom stereocenters. The molecule has 0 radical (unpaired) electrons. The van der Waals surface area contributed by atoms with Gasteiger partial charge in [-0.15, -0.1) is 0 Å². The summed E-state index contributed by atoms with van der Waals surface area (Å²) in [5.74, 6) is 1.64. The van der Waals surface area contributed by atoms with Crippen LogP contribution in [0.4, 0.5) is 5.69 Å². The number of nitro groups is 1. The van der Waals surface area contributed by atoms with Crippen molar-refractivity contribution in [2.24, 2.45) is 7.05 Å². The maximum absolute atomic E-state index is 11.1. The van der Waals surface area contributed by atoms with E-state index < -0.39 is 0 Å². The molecule has 1 fully saturated rings. The van der Waals surface area contributed by atoms with Crippen molar-refractivity contribution in [1.82, 2.24) is 19.8 Å². The van der Waals surface area contributed by atoms with E-state index in [0.29, 0.717) is 12.3 Å². The van der Waals surface area contributed by atoms with Gasteiger partial charge in [0.25, 0.3) is 5.69 Å². The predicted molar refractivity (Wildman–Crippen MR) is 88.9 cm³/mol. The number of hydrogen-bond acceptors (Lipinski definition) is 6. The highest BCUT2D eigenvalue weighted by Gasteiger charge is 2.28. The molecule has 0 amide bonds. The number of ether oxygens (including phenoxy) is 1. The molecule has 1 aromatic carbocycles. The largest absolute Gasteiger partial charge is 0.496 e. The van der Waals surface area contributed by atoms with E-state index in [0.717, 1.165) is 31.0 Å². The lowest BCUT2D eigenvalue weighted by Gasteiger charge is -2.35. The van der Waals surface area contributed by atoms with E-state index in [2.05, 4.69) is 15.2 Å². The van der Waals surface area contributed by atoms with Crippen LogP contribution in [0.15, 0.2) is 30.6 Å². The summed E-state index contributed by atoms with van der Waals surface area (Å²) >= 11 is 0. The highest BCUT2D eigenvalue weighted by molar-refractivity contribution is 5.43. The SMILES string of the molecule is COc1ccc([N+](=O)[O-])cc1CN1CCNCC1c1nccn1C. The molecular formula is C16H21N5O3. The standard InChI is InChI=1S/C16H21N5O3/c1-19-7-6-18-16(19)14-10-17-5-8-20(14)11-12-9-13(21(22)23)3-4-15(12)24-2/h3-4,6-7,9,14,17H,5,8,10-11H2,1-2H3. The minimum absolute atomic E-state index is 0.0782. The molecule has 8 nitrogen and oxygen atoms in total. The number of aromatic nitrogens is 2. The van der Waals surface area contributed by atoms with Gasteiger partial charge in [0.1, 0.15) is 11.6 Å². The zero-order chi connectivity index (χ0) is 17.1. The smallest absolute Gasteiger partial charge is 0.270 e. The predicted octanol–water partition coefficient (Wildman–Crippen LogP) is 1.48. The Bertz CT molecular complexity index is 730. The highest BCUT2D eigenvalue weighted by atomic mass is 16.6. The van der Waals surface area contributed by atoms with E-state index >= 15 is 0 Å². The number of imidazole rings is 1. The molecule has 0 aliphatic carbocycles. The molecule has 1 unspecified atom stereocenters. The number of nitro benzene ring substituents is 1. The third kappa shape index (κ3) is 3.24. The molecule has 128 valence electrons. The summed E-state index contributed by atoms with van der Waals surface area (Å²) in [5.41, 5.74) is 0.891. The summed E-state index contributed by atoms with van der Waals surface area (Å²) in [6, 6.07) is 4.83. The first-order valence-electron chi connectivity index (χ1n) is 7.83. The van der Waals surface area contributed by atoms with Gasteiger partial charge in [0, 0.05) is 63.3 Å². The fourth-order valence-corrected chi connectivity index (χ4v) is 3.11. The van der Waals surface area contributed by atoms with E-state index in [-0.39, 0.29) is 16.7 Å². The van der Waals surface area contributed by atoms with Gasteiger partial charge in [-0.05, 0) is 6.07 Å². The van der Waals surface area contributed by atoms with E-state index in [1.807, 2.05) is 17.8 Å². The summed E-state index contributed by atoms with van der Waals surface area (Å²) in [4.78, 5) is 17.4. The van der Waals surface area contributed by atoms with Crippen LogP contribution in [-0.4, -0.2) is 46.1 Å². The van der Waals surface area contributed by atoms with Gasteiger partial charge in [-0.3, -0.25) is 15.0 Å². The van der Waals surface area contributed by atoms with Crippen molar-refractivity contribution in [2.45, 2.75) is 12.6 Å². The van der Waals surface area contributed by atoms with Gasteiger partial charge in [-0.2, -0.15) is 0 Å². The van der Waals surface area contributed by atoms with Gasteiger partial charge in [-0.1, -0.05) is 0 Å². The molecule has 0 saturated carbocycles. The Kier molecular flexibility index (Phi) is 4.77. The number of nitrogens with zero attached hydrogens (tertiary/aromatic N) is 4. The molecule has 24 heavy (non-hydrogen) atoms. The van der Waals surface area contributed by atoms with Crippen molar-refractivity contribution in [3.05, 3.63) is 52.1 Å². The monoisotopic (exact) mass is 331 g/mol. The second-order valence-corrected chi connectivity index (χ2v) is 5.84. The first-order chi connectivity index (χ1) is 11.6. The maximum atomic E-state index is 11.1. The molecule has 2 heterocycles. The first-order valence-corrected chi connectivity index (χ1v) is 7.83. The van der Waals surface area contributed by atoms with Crippen molar-refractivity contribution in [3.8, 4) is 5.75 Å². The lowest BCUT2D eigenvalue weighted by atomic mass is 10.1. The van der Waals surface area contributed by atoms with E-state index in [1.165, 1.54) is 6.07 Å². The van der Waals surface area contributed by atoms with E-state index in [9.17, 15) is 10.1 Å². The number of methoxy groups -OCH3 is 1. The summed E-state index contributed by atoms with van der Waals surface area (Å²) < 4.78 is 7.39. The Balaban J connectivity index is 1.89. The number of non-ortho nitro benzene ring substituents is 1. The summed E-state index contributed by atoms with van der Waals surface area (Å²) in [5, 5.41) is 14.5. The number of piperazine rings is 1. The molecule has 1 N–H and O–H groups in total. The normalized spacial score (nSPS) is 18.5. The fourth-order valence-electron chi connectivity index (χ4n) is 3.11. The molecule has 1 aromatic heterocycles. The van der Waals surface area contributed by atoms with Crippen LogP contribution in [0, 0.1) is 10.1 Å². The number of aryl methyl sites for hydroxylation is 1. The number of hydrogen-bond donors (Lipinski definition) is 1. The zero-order valence-electron chi connectivity index (χ0n) is 13.8. The molecule has 3 rings (SSSR count). The van der Waals surface area contributed by atoms with Gasteiger partial charge in [0.15, 0.2) is 0 Å². The molecule has 0 bridgehead atoms. The van der Waals surface area contributed by atoms with Crippen molar-refractivity contribution in [2.75, 3.05) is 26.7 Å². The first kappa shape index (κ1) is 16.4. The number of rotatable bonds is 5. The Labute approximate surface area is 140 Å². The number of benzene rings is 1. The van der Waals surface area contributed by atoms with Gasteiger partial charge in [-0.25, -0.2) is 4.98 Å². The Hall–Kier alpha value is -2.45. The second-order valence-electron chi connectivity index (χ2n) is 5.84. The molecule has 1 saturated heterocycles. The quantitative estimate of drug-likeness (QED) is 0.660. The minimum Gasteiger partial charge on any atom is -0.496 e. The van der Waals surface area contributed by atoms with Gasteiger partial charge < -0.3 is 14.6 Å². The van der Waals surface area contributed by atoms with Gasteiger partial charge >= 0.3 is 0 Å². The highest BCUT2D eigenvalue weighted by Crippen LogP contribution is 2.29. The Morgan fingerprint density at radius 2 is 2.33 bits per heavy atom. The molecule has 8 heteroatoms. The molecule has 2 aromatic rings. The molecular weight excluding hydrogens is 310 g/mol. The van der Waals surface area contributed by atoms with Crippen LogP contribution in [0.1, 0.15) is 17.4 Å². The third-order valence-electron chi connectivity index (χ3n) is 4.36. The van der Waals surface area contributed by atoms with Crippen molar-refractivity contribution in [3.63, 3.8) is 0 Å². The molecule has 1 aliphatic heterocycles. The van der Waals surface area contributed by atoms with Gasteiger partial charge in [0.05, 0.1) is 18.1 Å². The van der Waals surface area contributed by atoms with Gasteiger partial charge in [0.2, 0.25) is 0 Å². The lowest BCUT2D eigenvalue weighted by Crippen LogP contribution is -2.46. The van der Waals surface area contributed by atoms with E-state index in [1.54, 1.807) is 25.4 Å². The maximum Gasteiger partial charge on any atom is 0.270 e. The average Bonchev–Trinajstić information content (AvgIpc) is 3.01. The average molecular weight is 331 g/mol. The lowest BCUT2D eigenvalue weighted by molar-refractivity contribution is -0.385. The van der Waals surface area contributed by atoms with Crippen LogP contribution in [0.3, 0.4) is 0 Å². The van der Waals surface area contributed by atoms with E-state index in [4.69, 9.17) is 4.74 Å². The minimum atomic E-state index is -0.378. The van der Waals surface area contributed by atoms with Crippen LogP contribution in [0.25, 0.3) is 0 Å². The second kappa shape index (κ2) is 6.98. The molecule has 0 spiro atoms. The summed E-state index contributed by atoms with van der Waals surface area (Å²) in [6.07, 6.45) is 3.71. The van der Waals surface area contributed by atoms with Crippen molar-refractivity contribution in [1.29, 1.82) is 0 Å². The van der Waals surface area contributed by atoms with Crippen LogP contribution in [0.2, 0.25) is 0 Å². The van der Waals surface area contributed by atoms with Crippen LogP contribution >= 0.6 is 0 Å². The molecule has 1 aliphatic rings. The van der Waals surface area contributed by atoms with Crippen LogP contribution < -0.4 is 10.1 Å². The van der Waals surface area contributed by atoms with Crippen LogP contribution in [0.5, 0.6) is 5.75 Å². The van der Waals surface area contributed by atoms with Crippen molar-refractivity contribution < 1.29 is 9.66 Å². The van der Waals surface area contributed by atoms with Crippen LogP contribution in [-0.2, 0) is 13.6 Å². The third-order valence-corrected chi connectivity index (χ3v) is 4.36.